The van der Waals surface area contributed by atoms with Crippen molar-refractivity contribution in [2.45, 2.75) is 52.1 Å². The zero-order valence-corrected chi connectivity index (χ0v) is 20.6. The number of carboxylic acid groups (broad SMARTS) is 1. The van der Waals surface area contributed by atoms with E-state index in [2.05, 4.69) is 42.1 Å². The van der Waals surface area contributed by atoms with E-state index < -0.39 is 12.4 Å². The van der Waals surface area contributed by atoms with Crippen molar-refractivity contribution in [3.63, 3.8) is 0 Å². The molecule has 11 heteroatoms. The molecule has 1 saturated heterocycles. The molecule has 2 atom stereocenters. The van der Waals surface area contributed by atoms with Gasteiger partial charge in [-0.2, -0.15) is 0 Å². The second-order valence-electron chi connectivity index (χ2n) is 8.75. The van der Waals surface area contributed by atoms with Gasteiger partial charge in [0.25, 0.3) is 12.4 Å². The van der Waals surface area contributed by atoms with Crippen LogP contribution in [0.5, 0.6) is 0 Å². The third kappa shape index (κ3) is 7.89. The summed E-state index contributed by atoms with van der Waals surface area (Å²) < 4.78 is 24.6. The molecule has 2 aromatic heterocycles. The molecule has 36 heavy (non-hydrogen) atoms. The number of anilines is 1. The number of allylic oxidation sites excluding steroid dienone is 2. The fourth-order valence-corrected chi connectivity index (χ4v) is 3.86. The van der Waals surface area contributed by atoms with Gasteiger partial charge in [-0.15, -0.1) is 0 Å². The van der Waals surface area contributed by atoms with Gasteiger partial charge in [-0.1, -0.05) is 25.2 Å². The zero-order valence-electron chi connectivity index (χ0n) is 20.6. The number of aromatic nitrogens is 4. The van der Waals surface area contributed by atoms with E-state index in [4.69, 9.17) is 9.90 Å². The monoisotopic (exact) mass is 499 g/mol. The van der Waals surface area contributed by atoms with Crippen molar-refractivity contribution < 1.29 is 18.7 Å². The predicted octanol–water partition coefficient (Wildman–Crippen LogP) is 3.77. The minimum absolute atomic E-state index is 0.00231. The number of aliphatic imine (C=N–C) groups is 1. The molecule has 0 saturated carbocycles. The van der Waals surface area contributed by atoms with Gasteiger partial charge in [-0.3, -0.25) is 19.8 Å². The van der Waals surface area contributed by atoms with Gasteiger partial charge < -0.3 is 15.3 Å². The number of carbonyl (C=O) groups is 1. The van der Waals surface area contributed by atoms with Crippen LogP contribution >= 0.6 is 0 Å². The van der Waals surface area contributed by atoms with Gasteiger partial charge in [-0.25, -0.2) is 18.7 Å². The van der Waals surface area contributed by atoms with Crippen molar-refractivity contribution in [3.05, 3.63) is 54.8 Å². The molecule has 9 nitrogen and oxygen atoms in total. The van der Waals surface area contributed by atoms with Crippen LogP contribution in [0.1, 0.15) is 33.6 Å². The molecule has 4 heterocycles. The average molecular weight is 500 g/mol. The van der Waals surface area contributed by atoms with Crippen LogP contribution in [0.3, 0.4) is 0 Å². The molecule has 2 N–H and O–H groups in total. The van der Waals surface area contributed by atoms with Crippen LogP contribution in [0, 0.1) is 5.92 Å². The third-order valence-corrected chi connectivity index (χ3v) is 5.76. The first-order valence-electron chi connectivity index (χ1n) is 11.7. The van der Waals surface area contributed by atoms with Crippen molar-refractivity contribution in [1.29, 1.82) is 0 Å². The van der Waals surface area contributed by atoms with Crippen LogP contribution in [0.4, 0.5) is 14.7 Å². The number of halogens is 2. The van der Waals surface area contributed by atoms with Crippen LogP contribution < -0.4 is 10.2 Å². The fourth-order valence-electron chi connectivity index (χ4n) is 3.86. The average Bonchev–Trinajstić information content (AvgIpc) is 3.24. The van der Waals surface area contributed by atoms with Gasteiger partial charge in [-0.05, 0) is 25.7 Å². The van der Waals surface area contributed by atoms with Crippen molar-refractivity contribution in [1.82, 2.24) is 25.3 Å². The molecular formula is C25H31F2N7O2. The molecule has 192 valence electrons. The predicted molar refractivity (Wildman–Crippen MR) is 134 cm³/mol. The molecule has 0 radical (unpaired) electrons. The molecular weight excluding hydrogens is 468 g/mol. The number of hydrogen-bond acceptors (Lipinski definition) is 8. The van der Waals surface area contributed by atoms with Gasteiger partial charge in [0.15, 0.2) is 0 Å². The molecule has 1 aliphatic carbocycles. The SMILES string of the molecule is CC(=O)O.CC1=NC2C=CC(C(F)F)=CC2N1.CC1CCN(c2ncc(-c3cnccn3)cn2)CC1. The van der Waals surface area contributed by atoms with Crippen LogP contribution in [0.2, 0.25) is 0 Å². The molecule has 0 aromatic carbocycles. The maximum atomic E-state index is 12.3. The Morgan fingerprint density at radius 2 is 1.81 bits per heavy atom. The van der Waals surface area contributed by atoms with Gasteiger partial charge >= 0.3 is 0 Å². The number of hydrogen-bond donors (Lipinski definition) is 2. The highest BCUT2D eigenvalue weighted by Crippen LogP contribution is 2.22. The smallest absolute Gasteiger partial charge is 0.300 e. The number of piperidine rings is 1. The molecule has 2 aromatic rings. The van der Waals surface area contributed by atoms with E-state index in [0.717, 1.165) is 49.0 Å². The summed E-state index contributed by atoms with van der Waals surface area (Å²) >= 11 is 0. The Morgan fingerprint density at radius 3 is 2.39 bits per heavy atom. The van der Waals surface area contributed by atoms with Gasteiger partial charge in [0.05, 0.1) is 29.8 Å². The largest absolute Gasteiger partial charge is 0.481 e. The van der Waals surface area contributed by atoms with Gasteiger partial charge in [0.2, 0.25) is 5.95 Å². The maximum Gasteiger partial charge on any atom is 0.300 e. The molecule has 5 rings (SSSR count). The van der Waals surface area contributed by atoms with Crippen molar-refractivity contribution in [3.8, 4) is 11.3 Å². The maximum absolute atomic E-state index is 12.3. The summed E-state index contributed by atoms with van der Waals surface area (Å²) in [5.74, 6) is 1.61. The van der Waals surface area contributed by atoms with Gasteiger partial charge in [0.1, 0.15) is 0 Å². The third-order valence-electron chi connectivity index (χ3n) is 5.76. The van der Waals surface area contributed by atoms with E-state index in [1.54, 1.807) is 30.7 Å². The van der Waals surface area contributed by atoms with Crippen LogP contribution in [0.25, 0.3) is 11.3 Å². The van der Waals surface area contributed by atoms with E-state index in [1.807, 2.05) is 19.3 Å². The lowest BCUT2D eigenvalue weighted by atomic mass is 10.00. The summed E-state index contributed by atoms with van der Waals surface area (Å²) in [6.45, 7) is 7.31. The zero-order chi connectivity index (χ0) is 26.1. The normalized spacial score (nSPS) is 20.7. The number of nitrogens with one attached hydrogen (secondary N) is 1. The first kappa shape index (κ1) is 26.8. The topological polar surface area (TPSA) is 116 Å². The van der Waals surface area contributed by atoms with Crippen molar-refractivity contribution >= 4 is 17.8 Å². The number of nitrogens with zero attached hydrogens (tertiary/aromatic N) is 6. The summed E-state index contributed by atoms with van der Waals surface area (Å²) in [6, 6.07) is -0.0727. The highest BCUT2D eigenvalue weighted by molar-refractivity contribution is 5.82. The number of fused-ring (bicyclic) bond motifs is 1. The van der Waals surface area contributed by atoms with E-state index in [0.29, 0.717) is 0 Å². The van der Waals surface area contributed by atoms with Gasteiger partial charge in [0, 0.05) is 55.9 Å². The molecule has 3 aliphatic rings. The number of amidine groups is 1. The summed E-state index contributed by atoms with van der Waals surface area (Å²) in [4.78, 5) is 32.7. The highest BCUT2D eigenvalue weighted by Gasteiger charge is 2.27. The van der Waals surface area contributed by atoms with Crippen molar-refractivity contribution in [2.24, 2.45) is 10.9 Å². The Kier molecular flexibility index (Phi) is 9.54. The highest BCUT2D eigenvalue weighted by atomic mass is 19.3. The molecule has 2 aliphatic heterocycles. The minimum atomic E-state index is -2.39. The van der Waals surface area contributed by atoms with Crippen LogP contribution in [-0.2, 0) is 4.79 Å². The summed E-state index contributed by atoms with van der Waals surface area (Å²) in [7, 11) is 0. The summed E-state index contributed by atoms with van der Waals surface area (Å²) in [5, 5.41) is 10.4. The number of rotatable bonds is 3. The minimum Gasteiger partial charge on any atom is -0.481 e. The first-order valence-corrected chi connectivity index (χ1v) is 11.7. The standard InChI is InChI=1S/C14H17N5.C9H10F2N2.C2H4O2/c1-11-2-6-19(7-3-11)14-17-8-12(9-18-14)13-10-15-4-5-16-13;1-5-12-7-3-2-6(9(10)11)4-8(7)13-5;1-2(3)4/h4-5,8-11H,2-3,6-7H2,1H3;2-4,7-9H,1H3,(H,12,13);1H3,(H,3,4). The van der Waals surface area contributed by atoms with Crippen LogP contribution in [-0.4, -0.2) is 68.4 Å². The molecule has 0 amide bonds. The Morgan fingerprint density at radius 1 is 1.14 bits per heavy atom. The number of alkyl halides is 2. The van der Waals surface area contributed by atoms with E-state index in [9.17, 15) is 8.78 Å². The number of carboxylic acids is 1. The molecule has 1 fully saturated rings. The second kappa shape index (κ2) is 12.8. The molecule has 0 spiro atoms. The second-order valence-corrected chi connectivity index (χ2v) is 8.75. The van der Waals surface area contributed by atoms with E-state index >= 15 is 0 Å². The lowest BCUT2D eigenvalue weighted by Gasteiger charge is -2.30. The fraction of sp³-hybridized carbons (Fsp3) is 0.440. The van der Waals surface area contributed by atoms with Crippen molar-refractivity contribution in [2.75, 3.05) is 18.0 Å². The lowest BCUT2D eigenvalue weighted by Crippen LogP contribution is -2.33. The molecule has 0 bridgehead atoms. The van der Waals surface area contributed by atoms with E-state index in [-0.39, 0.29) is 17.7 Å². The Hall–Kier alpha value is -3.76. The quantitative estimate of drug-likeness (QED) is 0.656. The number of aliphatic carboxylic acids is 1. The van der Waals surface area contributed by atoms with E-state index in [1.165, 1.54) is 18.9 Å². The summed E-state index contributed by atoms with van der Waals surface area (Å²) in [5.41, 5.74) is 1.79. The van der Waals surface area contributed by atoms with Crippen LogP contribution in [0.15, 0.2) is 59.8 Å². The summed E-state index contributed by atoms with van der Waals surface area (Å²) in [6.07, 6.45) is 13.5. The Balaban J connectivity index is 0.000000184. The Bertz CT molecular complexity index is 1080. The lowest BCUT2D eigenvalue weighted by molar-refractivity contribution is -0.134. The Labute approximate surface area is 209 Å². The molecule has 2 unspecified atom stereocenters. The first-order chi connectivity index (χ1) is 17.2.